The average molecular weight is 738 g/mol. The predicted molar refractivity (Wildman–Crippen MR) is 212 cm³/mol. The lowest BCUT2D eigenvalue weighted by Gasteiger charge is -2.35. The molecule has 0 saturated carbocycles. The number of nitrogens with two attached hydrogens (primary N) is 2. The smallest absolute Gasteiger partial charge is 0.246 e. The van der Waals surface area contributed by atoms with Crippen LogP contribution >= 0.6 is 0 Å². The number of primary amides is 1. The lowest BCUT2D eigenvalue weighted by Crippen LogP contribution is -2.57. The summed E-state index contributed by atoms with van der Waals surface area (Å²) in [6.07, 6.45) is 22.3. The summed E-state index contributed by atoms with van der Waals surface area (Å²) < 4.78 is 0. The summed E-state index contributed by atoms with van der Waals surface area (Å²) in [5.41, 5.74) is 13.8. The van der Waals surface area contributed by atoms with Crippen molar-refractivity contribution in [2.45, 2.75) is 192 Å². The zero-order valence-electron chi connectivity index (χ0n) is 33.0. The summed E-state index contributed by atoms with van der Waals surface area (Å²) in [5.74, 6) is -2.26. The molecule has 10 heteroatoms. The fourth-order valence-electron chi connectivity index (χ4n) is 8.03. The second kappa shape index (κ2) is 24.9. The zero-order chi connectivity index (χ0) is 38.4. The number of hydrogen-bond donors (Lipinski definition) is 4. The number of amides is 4. The number of hydrogen-bond acceptors (Lipinski definition) is 6. The van der Waals surface area contributed by atoms with Crippen LogP contribution in [0.4, 0.5) is 0 Å². The highest BCUT2D eigenvalue weighted by molar-refractivity contribution is 5.96. The third-order valence-corrected chi connectivity index (χ3v) is 11.3. The van der Waals surface area contributed by atoms with Crippen LogP contribution in [0.3, 0.4) is 0 Å². The molecule has 2 aliphatic rings. The van der Waals surface area contributed by atoms with Crippen LogP contribution in [0.1, 0.15) is 166 Å². The predicted octanol–water partition coefficient (Wildman–Crippen LogP) is 6.72. The number of carbonyl (C=O) groups excluding carboxylic acids is 5. The number of carbonyl (C=O) groups is 5. The van der Waals surface area contributed by atoms with E-state index < -0.39 is 30.0 Å². The Morgan fingerprint density at radius 1 is 0.792 bits per heavy atom. The van der Waals surface area contributed by atoms with Gasteiger partial charge in [-0.2, -0.15) is 0 Å². The first kappa shape index (κ1) is 44.1. The van der Waals surface area contributed by atoms with Gasteiger partial charge in [-0.25, -0.2) is 0 Å². The van der Waals surface area contributed by atoms with Crippen molar-refractivity contribution in [3.05, 3.63) is 35.4 Å². The second-order valence-corrected chi connectivity index (χ2v) is 15.9. The molecule has 10 nitrogen and oxygen atoms in total. The Morgan fingerprint density at radius 2 is 1.38 bits per heavy atom. The minimum absolute atomic E-state index is 0.0110. The van der Waals surface area contributed by atoms with Gasteiger partial charge >= 0.3 is 0 Å². The van der Waals surface area contributed by atoms with Gasteiger partial charge < -0.3 is 27.0 Å². The van der Waals surface area contributed by atoms with Crippen molar-refractivity contribution in [3.63, 3.8) is 0 Å². The third-order valence-electron chi connectivity index (χ3n) is 11.3. The topological polar surface area (TPSA) is 165 Å². The lowest BCUT2D eigenvalue weighted by atomic mass is 9.92. The number of fused-ring (bicyclic) bond motifs is 1. The first-order valence-corrected chi connectivity index (χ1v) is 21.1. The van der Waals surface area contributed by atoms with Crippen molar-refractivity contribution < 1.29 is 24.0 Å². The fraction of sp³-hybridized carbons (Fsp3) is 0.744. The van der Waals surface area contributed by atoms with Crippen LogP contribution in [-0.2, 0) is 30.4 Å². The van der Waals surface area contributed by atoms with E-state index in [1.54, 1.807) is 4.90 Å². The largest absolute Gasteiger partial charge is 0.370 e. The van der Waals surface area contributed by atoms with E-state index >= 15 is 0 Å². The number of nitrogens with one attached hydrogen (secondary N) is 2. The standard InChI is InChI=1S/C43H71N5O5/c1-3-4-5-6-7-8-9-10-11-12-13-14-15-18-29-46-41(51)34(25-28-40(45)50)31-39(49)38-27-26-35-19-16-17-20-37(43(53)48(35)38)47-42(52)36(44)30-33-23-21-32(2)22-24-33/h21-24,34-38H,3-20,25-31,44H2,1-2H3,(H2,45,50)(H,46,51)(H,47,52)/t34-,35+,36+,37?,38+/m1/s1. The monoisotopic (exact) mass is 738 g/mol. The molecular weight excluding hydrogens is 667 g/mol. The molecule has 0 spiro atoms. The van der Waals surface area contributed by atoms with E-state index in [9.17, 15) is 24.0 Å². The molecule has 2 heterocycles. The summed E-state index contributed by atoms with van der Waals surface area (Å²) in [4.78, 5) is 67.8. The Bertz CT molecular complexity index is 1270. The molecular formula is C43H71N5O5. The van der Waals surface area contributed by atoms with E-state index in [1.807, 2.05) is 31.2 Å². The van der Waals surface area contributed by atoms with Crippen molar-refractivity contribution in [3.8, 4) is 0 Å². The quantitative estimate of drug-likeness (QED) is 0.0771. The minimum atomic E-state index is -0.809. The molecule has 298 valence electrons. The zero-order valence-corrected chi connectivity index (χ0v) is 33.0. The molecule has 4 amide bonds. The molecule has 53 heavy (non-hydrogen) atoms. The number of aryl methyl sites for hydroxylation is 1. The van der Waals surface area contributed by atoms with Crippen LogP contribution in [0, 0.1) is 12.8 Å². The van der Waals surface area contributed by atoms with E-state index in [0.29, 0.717) is 32.2 Å². The number of benzene rings is 1. The van der Waals surface area contributed by atoms with Crippen LogP contribution in [0.15, 0.2) is 24.3 Å². The summed E-state index contributed by atoms with van der Waals surface area (Å²) in [5, 5.41) is 5.92. The van der Waals surface area contributed by atoms with Gasteiger partial charge in [0.05, 0.1) is 12.1 Å². The van der Waals surface area contributed by atoms with Crippen LogP contribution in [0.2, 0.25) is 0 Å². The first-order valence-electron chi connectivity index (χ1n) is 21.1. The van der Waals surface area contributed by atoms with Gasteiger partial charge in [-0.3, -0.25) is 24.0 Å². The highest BCUT2D eigenvalue weighted by atomic mass is 16.2. The highest BCUT2D eigenvalue weighted by Crippen LogP contribution is 2.33. The van der Waals surface area contributed by atoms with Crippen LogP contribution < -0.4 is 22.1 Å². The molecule has 3 rings (SSSR count). The van der Waals surface area contributed by atoms with Gasteiger partial charge in [0, 0.05) is 31.3 Å². The number of rotatable bonds is 26. The number of Topliss-reactive ketones (excluding diaryl/α,β-unsaturated/α-hetero) is 1. The van der Waals surface area contributed by atoms with Crippen LogP contribution in [0.5, 0.6) is 0 Å². The maximum Gasteiger partial charge on any atom is 0.246 e. The van der Waals surface area contributed by atoms with Crippen LogP contribution in [0.25, 0.3) is 0 Å². The van der Waals surface area contributed by atoms with Gasteiger partial charge in [-0.1, -0.05) is 133 Å². The van der Waals surface area contributed by atoms with E-state index in [2.05, 4.69) is 17.6 Å². The summed E-state index contributed by atoms with van der Waals surface area (Å²) in [6, 6.07) is 5.53. The first-order chi connectivity index (χ1) is 25.6. The van der Waals surface area contributed by atoms with E-state index in [-0.39, 0.29) is 48.8 Å². The third kappa shape index (κ3) is 16.3. The Morgan fingerprint density at radius 3 is 1.98 bits per heavy atom. The number of unbranched alkanes of at least 4 members (excludes halogenated alkanes) is 13. The Hall–Kier alpha value is -3.27. The molecule has 5 atom stereocenters. The van der Waals surface area contributed by atoms with Gasteiger partial charge in [-0.15, -0.1) is 0 Å². The van der Waals surface area contributed by atoms with Gasteiger partial charge in [0.25, 0.3) is 0 Å². The molecule has 0 aliphatic carbocycles. The summed E-state index contributed by atoms with van der Waals surface area (Å²) in [6.45, 7) is 4.78. The van der Waals surface area contributed by atoms with E-state index in [0.717, 1.165) is 49.7 Å². The van der Waals surface area contributed by atoms with Crippen molar-refractivity contribution in [2.75, 3.05) is 6.54 Å². The summed E-state index contributed by atoms with van der Waals surface area (Å²) >= 11 is 0. The molecule has 1 aromatic carbocycles. The SMILES string of the molecule is CCCCCCCCCCCCCCCCNC(=O)[C@H](CCC(N)=O)CC(=O)[C@@H]1CC[C@@H]2CCCCC(NC(=O)[C@@H](N)Cc3ccc(C)cc3)C(=O)N21. The van der Waals surface area contributed by atoms with Gasteiger partial charge in [0.2, 0.25) is 23.6 Å². The second-order valence-electron chi connectivity index (χ2n) is 15.9. The number of ketones is 1. The average Bonchev–Trinajstić information content (AvgIpc) is 3.56. The fourth-order valence-corrected chi connectivity index (χ4v) is 8.03. The minimum Gasteiger partial charge on any atom is -0.370 e. The maximum atomic E-state index is 14.0. The molecule has 0 radical (unpaired) electrons. The molecule has 2 fully saturated rings. The van der Waals surface area contributed by atoms with Gasteiger partial charge in [-0.05, 0) is 57.4 Å². The highest BCUT2D eigenvalue weighted by Gasteiger charge is 2.44. The van der Waals surface area contributed by atoms with Crippen molar-refractivity contribution in [1.82, 2.24) is 15.5 Å². The molecule has 0 aromatic heterocycles. The molecule has 1 unspecified atom stereocenters. The van der Waals surface area contributed by atoms with Crippen molar-refractivity contribution >= 4 is 29.4 Å². The van der Waals surface area contributed by atoms with Crippen LogP contribution in [-0.4, -0.2) is 65.0 Å². The molecule has 1 aromatic rings. The lowest BCUT2D eigenvalue weighted by molar-refractivity contribution is -0.144. The molecule has 2 saturated heterocycles. The van der Waals surface area contributed by atoms with Crippen molar-refractivity contribution in [1.29, 1.82) is 0 Å². The van der Waals surface area contributed by atoms with Crippen molar-refractivity contribution in [2.24, 2.45) is 17.4 Å². The van der Waals surface area contributed by atoms with Gasteiger partial charge in [0.1, 0.15) is 6.04 Å². The Kier molecular flexibility index (Phi) is 20.8. The Balaban J connectivity index is 1.46. The van der Waals surface area contributed by atoms with E-state index in [4.69, 9.17) is 11.5 Å². The molecule has 0 bridgehead atoms. The normalized spacial score (nSPS) is 19.9. The van der Waals surface area contributed by atoms with Gasteiger partial charge in [0.15, 0.2) is 5.78 Å². The Labute approximate surface area is 319 Å². The summed E-state index contributed by atoms with van der Waals surface area (Å²) in [7, 11) is 0. The molecule has 2 aliphatic heterocycles. The number of nitrogens with zero attached hydrogens (tertiary/aromatic N) is 1. The molecule has 6 N–H and O–H groups in total. The maximum absolute atomic E-state index is 14.0. The van der Waals surface area contributed by atoms with E-state index in [1.165, 1.54) is 70.6 Å².